The maximum absolute atomic E-state index is 12.9. The second kappa shape index (κ2) is 8.57. The molecule has 2 aromatic carbocycles. The first-order valence-electron chi connectivity index (χ1n) is 9.74. The second-order valence-electron chi connectivity index (χ2n) is 7.16. The molecular weight excluding hydrogens is 338 g/mol. The fraction of sp³-hybridized carbons (Fsp3) is 0.435. The number of ether oxygens (including phenoxy) is 2. The molecule has 2 aromatic rings. The van der Waals surface area contributed by atoms with Crippen LogP contribution < -0.4 is 4.74 Å². The Morgan fingerprint density at radius 1 is 1.00 bits per heavy atom. The van der Waals surface area contributed by atoms with Gasteiger partial charge in [0, 0.05) is 6.54 Å². The summed E-state index contributed by atoms with van der Waals surface area (Å²) in [5.74, 6) is 0.921. The molecule has 0 spiro atoms. The van der Waals surface area contributed by atoms with Gasteiger partial charge in [-0.25, -0.2) is 0 Å². The van der Waals surface area contributed by atoms with E-state index in [1.165, 1.54) is 0 Å². The van der Waals surface area contributed by atoms with Crippen molar-refractivity contribution in [3.63, 3.8) is 0 Å². The minimum atomic E-state index is -0.360. The van der Waals surface area contributed by atoms with E-state index in [-0.39, 0.29) is 17.6 Å². The molecule has 1 heterocycles. The van der Waals surface area contributed by atoms with E-state index in [1.807, 2.05) is 59.5 Å². The minimum Gasteiger partial charge on any atom is -0.497 e. The van der Waals surface area contributed by atoms with Crippen molar-refractivity contribution in [2.24, 2.45) is 0 Å². The number of β-lactam (4-membered cyclic amide) rings is 1. The fourth-order valence-electron chi connectivity index (χ4n) is 4.05. The van der Waals surface area contributed by atoms with Crippen LogP contribution >= 0.6 is 0 Å². The smallest absolute Gasteiger partial charge is 0.255 e. The molecule has 1 fully saturated rings. The lowest BCUT2D eigenvalue weighted by Crippen LogP contribution is -2.74. The van der Waals surface area contributed by atoms with Crippen molar-refractivity contribution in [1.82, 2.24) is 4.90 Å². The predicted octanol–water partition coefficient (Wildman–Crippen LogP) is 4.57. The molecule has 0 saturated carbocycles. The number of carbonyl (C=O) groups excluding carboxylic acids is 1. The largest absolute Gasteiger partial charge is 0.497 e. The second-order valence-corrected chi connectivity index (χ2v) is 7.16. The number of benzene rings is 2. The molecule has 1 aliphatic heterocycles. The number of methoxy groups -OCH3 is 1. The van der Waals surface area contributed by atoms with Gasteiger partial charge in [0.25, 0.3) is 5.91 Å². The molecule has 0 N–H and O–H groups in total. The molecule has 1 saturated heterocycles. The molecule has 144 valence electrons. The molecule has 27 heavy (non-hydrogen) atoms. The van der Waals surface area contributed by atoms with Gasteiger partial charge in [0.05, 0.1) is 19.3 Å². The van der Waals surface area contributed by atoms with E-state index in [2.05, 4.69) is 13.8 Å². The molecule has 4 heteroatoms. The van der Waals surface area contributed by atoms with Gasteiger partial charge in [-0.3, -0.25) is 4.79 Å². The lowest BCUT2D eigenvalue weighted by atomic mass is 9.74. The number of rotatable bonds is 9. The van der Waals surface area contributed by atoms with Gasteiger partial charge in [-0.1, -0.05) is 62.7 Å². The average Bonchev–Trinajstić information content (AvgIpc) is 2.72. The van der Waals surface area contributed by atoms with Crippen LogP contribution in [0.25, 0.3) is 0 Å². The van der Waals surface area contributed by atoms with Crippen LogP contribution in [0.1, 0.15) is 44.2 Å². The minimum absolute atomic E-state index is 0.0945. The van der Waals surface area contributed by atoms with Gasteiger partial charge in [-0.15, -0.1) is 0 Å². The summed E-state index contributed by atoms with van der Waals surface area (Å²) >= 11 is 0. The molecule has 1 amide bonds. The van der Waals surface area contributed by atoms with Gasteiger partial charge >= 0.3 is 0 Å². The summed E-state index contributed by atoms with van der Waals surface area (Å²) in [6.07, 6.45) is 2.50. The molecule has 0 radical (unpaired) electrons. The Morgan fingerprint density at radius 2 is 1.70 bits per heavy atom. The molecule has 2 atom stereocenters. The molecule has 4 nitrogen and oxygen atoms in total. The van der Waals surface area contributed by atoms with E-state index < -0.39 is 0 Å². The first-order chi connectivity index (χ1) is 13.1. The Hall–Kier alpha value is -2.33. The monoisotopic (exact) mass is 367 g/mol. The van der Waals surface area contributed by atoms with Crippen molar-refractivity contribution in [1.29, 1.82) is 0 Å². The van der Waals surface area contributed by atoms with Crippen molar-refractivity contribution in [2.45, 2.75) is 57.9 Å². The number of nitrogens with zero attached hydrogens (tertiary/aromatic N) is 1. The third-order valence-corrected chi connectivity index (χ3v) is 5.57. The molecule has 0 aromatic heterocycles. The van der Waals surface area contributed by atoms with Crippen LogP contribution in [0.2, 0.25) is 0 Å². The normalized spacial score (nSPS) is 21.8. The summed E-state index contributed by atoms with van der Waals surface area (Å²) < 4.78 is 11.4. The Balaban J connectivity index is 1.74. The zero-order valence-corrected chi connectivity index (χ0v) is 16.5. The predicted molar refractivity (Wildman–Crippen MR) is 106 cm³/mol. The third kappa shape index (κ3) is 3.86. The molecule has 1 aliphatic rings. The van der Waals surface area contributed by atoms with Crippen molar-refractivity contribution in [2.75, 3.05) is 7.11 Å². The Morgan fingerprint density at radius 3 is 2.30 bits per heavy atom. The summed E-state index contributed by atoms with van der Waals surface area (Å²) in [6, 6.07) is 18.0. The fourth-order valence-corrected chi connectivity index (χ4v) is 4.05. The van der Waals surface area contributed by atoms with Gasteiger partial charge in [0.2, 0.25) is 0 Å². The van der Waals surface area contributed by atoms with Crippen LogP contribution in [0.4, 0.5) is 0 Å². The molecule has 3 rings (SSSR count). The van der Waals surface area contributed by atoms with E-state index in [4.69, 9.17) is 9.47 Å². The van der Waals surface area contributed by atoms with E-state index in [0.29, 0.717) is 13.2 Å². The van der Waals surface area contributed by atoms with Gasteiger partial charge in [-0.05, 0) is 36.1 Å². The van der Waals surface area contributed by atoms with Crippen LogP contribution in [-0.4, -0.2) is 29.6 Å². The number of hydrogen-bond acceptors (Lipinski definition) is 3. The van der Waals surface area contributed by atoms with E-state index in [0.717, 1.165) is 36.1 Å². The highest BCUT2D eigenvalue weighted by molar-refractivity contribution is 5.90. The summed E-state index contributed by atoms with van der Waals surface area (Å²) in [4.78, 5) is 14.9. The molecule has 2 unspecified atom stereocenters. The first kappa shape index (κ1) is 19.4. The molecule has 0 aliphatic carbocycles. The number of hydrogen-bond donors (Lipinski definition) is 0. The van der Waals surface area contributed by atoms with Gasteiger partial charge in [0.15, 0.2) is 6.10 Å². The highest BCUT2D eigenvalue weighted by Gasteiger charge is 2.58. The zero-order chi connectivity index (χ0) is 19.3. The van der Waals surface area contributed by atoms with Crippen LogP contribution in [0.15, 0.2) is 54.6 Å². The van der Waals surface area contributed by atoms with Crippen molar-refractivity contribution in [3.8, 4) is 5.75 Å². The van der Waals surface area contributed by atoms with E-state index >= 15 is 0 Å². The number of likely N-dealkylation sites (tertiary alicyclic amines) is 1. The van der Waals surface area contributed by atoms with Crippen molar-refractivity contribution >= 4 is 5.91 Å². The Labute approximate surface area is 162 Å². The van der Waals surface area contributed by atoms with Crippen molar-refractivity contribution < 1.29 is 14.3 Å². The maximum atomic E-state index is 12.9. The summed E-state index contributed by atoms with van der Waals surface area (Å²) in [5.41, 5.74) is 1.99. The summed E-state index contributed by atoms with van der Waals surface area (Å²) in [5, 5.41) is 0. The van der Waals surface area contributed by atoms with Gasteiger partial charge in [0.1, 0.15) is 5.75 Å². The SMILES string of the molecule is CCCC1(CC)C(OCc2ccccc2)C(=O)N1Cc1ccc(OC)cc1. The topological polar surface area (TPSA) is 38.8 Å². The van der Waals surface area contributed by atoms with E-state index in [1.54, 1.807) is 7.11 Å². The zero-order valence-electron chi connectivity index (χ0n) is 16.5. The lowest BCUT2D eigenvalue weighted by Gasteiger charge is -2.57. The maximum Gasteiger partial charge on any atom is 0.255 e. The van der Waals surface area contributed by atoms with Gasteiger partial charge < -0.3 is 14.4 Å². The Kier molecular flexibility index (Phi) is 6.17. The standard InChI is InChI=1S/C23H29NO3/c1-4-15-23(5-2)21(27-17-19-9-7-6-8-10-19)22(25)24(23)16-18-11-13-20(26-3)14-12-18/h6-14,21H,4-5,15-17H2,1-3H3. The number of amides is 1. The first-order valence-corrected chi connectivity index (χ1v) is 9.74. The molecule has 0 bridgehead atoms. The summed E-state index contributed by atoms with van der Waals surface area (Å²) in [7, 11) is 1.66. The third-order valence-electron chi connectivity index (χ3n) is 5.57. The highest BCUT2D eigenvalue weighted by Crippen LogP contribution is 2.42. The Bertz CT molecular complexity index is 744. The van der Waals surface area contributed by atoms with Crippen molar-refractivity contribution in [3.05, 3.63) is 65.7 Å². The van der Waals surface area contributed by atoms with Crippen LogP contribution in [-0.2, 0) is 22.7 Å². The average molecular weight is 367 g/mol. The van der Waals surface area contributed by atoms with Crippen LogP contribution in [0.3, 0.4) is 0 Å². The molecular formula is C23H29NO3. The highest BCUT2D eigenvalue weighted by atomic mass is 16.5. The quantitative estimate of drug-likeness (QED) is 0.609. The van der Waals surface area contributed by atoms with Crippen LogP contribution in [0.5, 0.6) is 5.75 Å². The lowest BCUT2D eigenvalue weighted by molar-refractivity contribution is -0.201. The van der Waals surface area contributed by atoms with Crippen LogP contribution in [0, 0.1) is 0 Å². The number of carbonyl (C=O) groups is 1. The van der Waals surface area contributed by atoms with Gasteiger partial charge in [-0.2, -0.15) is 0 Å². The van der Waals surface area contributed by atoms with E-state index in [9.17, 15) is 4.79 Å². The summed E-state index contributed by atoms with van der Waals surface area (Å²) in [6.45, 7) is 5.41.